The molecule has 0 aliphatic carbocycles. The molecule has 0 aromatic heterocycles. The number of anilines is 1. The first-order valence-corrected chi connectivity index (χ1v) is 6.55. The van der Waals surface area contributed by atoms with Crippen LogP contribution in [0, 0.1) is 5.41 Å². The number of amides is 1. The summed E-state index contributed by atoms with van der Waals surface area (Å²) in [7, 11) is 0. The van der Waals surface area contributed by atoms with Gasteiger partial charge in [-0.3, -0.25) is 9.59 Å². The molecular formula is C15H21NO4. The average Bonchev–Trinajstić information content (AvgIpc) is 2.36. The van der Waals surface area contributed by atoms with Crippen LogP contribution in [0.4, 0.5) is 5.69 Å². The number of para-hydroxylation sites is 1. The zero-order valence-corrected chi connectivity index (χ0v) is 12.1. The Hall–Kier alpha value is -1.88. The summed E-state index contributed by atoms with van der Waals surface area (Å²) in [6.45, 7) is 5.96. The van der Waals surface area contributed by atoms with Crippen molar-refractivity contribution < 1.29 is 19.4 Å². The van der Waals surface area contributed by atoms with Crippen LogP contribution >= 0.6 is 0 Å². The maximum absolute atomic E-state index is 11.9. The molecule has 0 unspecified atom stereocenters. The SMILES string of the molecule is CCOCc1ccccc1NC(=O)CC(C)(C)C(=O)O. The van der Waals surface area contributed by atoms with Crippen molar-refractivity contribution in [1.82, 2.24) is 0 Å². The van der Waals surface area contributed by atoms with E-state index in [0.29, 0.717) is 18.9 Å². The molecule has 5 heteroatoms. The molecule has 0 bridgehead atoms. The molecule has 0 spiro atoms. The van der Waals surface area contributed by atoms with E-state index in [1.54, 1.807) is 6.07 Å². The summed E-state index contributed by atoms with van der Waals surface area (Å²) < 4.78 is 5.34. The molecule has 1 amide bonds. The minimum absolute atomic E-state index is 0.0781. The van der Waals surface area contributed by atoms with E-state index in [-0.39, 0.29) is 12.3 Å². The van der Waals surface area contributed by atoms with Crippen molar-refractivity contribution in [2.24, 2.45) is 5.41 Å². The topological polar surface area (TPSA) is 75.6 Å². The Morgan fingerprint density at radius 3 is 2.55 bits per heavy atom. The summed E-state index contributed by atoms with van der Waals surface area (Å²) in [6.07, 6.45) is -0.0781. The Bertz CT molecular complexity index is 483. The molecule has 20 heavy (non-hydrogen) atoms. The van der Waals surface area contributed by atoms with Crippen molar-refractivity contribution in [3.8, 4) is 0 Å². The summed E-state index contributed by atoms with van der Waals surface area (Å²) >= 11 is 0. The van der Waals surface area contributed by atoms with Gasteiger partial charge in [0.1, 0.15) is 0 Å². The van der Waals surface area contributed by atoms with Gasteiger partial charge in [-0.05, 0) is 26.8 Å². The van der Waals surface area contributed by atoms with E-state index in [9.17, 15) is 9.59 Å². The summed E-state index contributed by atoms with van der Waals surface area (Å²) in [6, 6.07) is 7.33. The van der Waals surface area contributed by atoms with Gasteiger partial charge >= 0.3 is 5.97 Å². The summed E-state index contributed by atoms with van der Waals surface area (Å²) in [5, 5.41) is 11.8. The van der Waals surface area contributed by atoms with Gasteiger partial charge in [0.25, 0.3) is 0 Å². The molecule has 0 saturated carbocycles. The Labute approximate surface area is 118 Å². The molecule has 1 aromatic rings. The van der Waals surface area contributed by atoms with Gasteiger partial charge in [0, 0.05) is 24.3 Å². The number of hydrogen-bond acceptors (Lipinski definition) is 3. The van der Waals surface area contributed by atoms with Crippen molar-refractivity contribution in [1.29, 1.82) is 0 Å². The first-order valence-electron chi connectivity index (χ1n) is 6.55. The number of aliphatic carboxylic acids is 1. The number of carboxylic acids is 1. The number of ether oxygens (including phenoxy) is 1. The van der Waals surface area contributed by atoms with Crippen molar-refractivity contribution in [3.05, 3.63) is 29.8 Å². The van der Waals surface area contributed by atoms with Gasteiger partial charge in [-0.15, -0.1) is 0 Å². The predicted molar refractivity (Wildman–Crippen MR) is 76.4 cm³/mol. The number of nitrogens with one attached hydrogen (secondary N) is 1. The highest BCUT2D eigenvalue weighted by Gasteiger charge is 2.30. The highest BCUT2D eigenvalue weighted by Crippen LogP contribution is 2.22. The molecule has 0 fully saturated rings. The Kier molecular flexibility index (Phi) is 5.70. The van der Waals surface area contributed by atoms with Crippen LogP contribution in [-0.4, -0.2) is 23.6 Å². The van der Waals surface area contributed by atoms with Gasteiger partial charge in [-0.25, -0.2) is 0 Å². The maximum atomic E-state index is 11.9. The zero-order chi connectivity index (χ0) is 15.2. The third kappa shape index (κ3) is 4.66. The minimum atomic E-state index is -1.08. The molecule has 2 N–H and O–H groups in total. The molecule has 1 aromatic carbocycles. The second kappa shape index (κ2) is 7.05. The second-order valence-electron chi connectivity index (χ2n) is 5.21. The summed E-state index contributed by atoms with van der Waals surface area (Å²) in [5.74, 6) is -1.31. The van der Waals surface area contributed by atoms with Gasteiger partial charge in [0.05, 0.1) is 12.0 Å². The van der Waals surface area contributed by atoms with Gasteiger partial charge in [0.2, 0.25) is 5.91 Å². The normalized spacial score (nSPS) is 11.2. The molecule has 5 nitrogen and oxygen atoms in total. The first kappa shape index (κ1) is 16.2. The third-order valence-corrected chi connectivity index (χ3v) is 2.93. The number of carboxylic acid groups (broad SMARTS) is 1. The Balaban J connectivity index is 2.73. The molecule has 1 rings (SSSR count). The fraction of sp³-hybridized carbons (Fsp3) is 0.467. The fourth-order valence-corrected chi connectivity index (χ4v) is 1.65. The molecule has 110 valence electrons. The molecule has 0 radical (unpaired) electrons. The second-order valence-corrected chi connectivity index (χ2v) is 5.21. The van der Waals surface area contributed by atoms with Crippen LogP contribution in [0.25, 0.3) is 0 Å². The maximum Gasteiger partial charge on any atom is 0.309 e. The van der Waals surface area contributed by atoms with Crippen LogP contribution in [0.1, 0.15) is 32.8 Å². The van der Waals surface area contributed by atoms with E-state index >= 15 is 0 Å². The monoisotopic (exact) mass is 279 g/mol. The standard InChI is InChI=1S/C15H21NO4/c1-4-20-10-11-7-5-6-8-12(11)16-13(17)9-15(2,3)14(18)19/h5-8H,4,9-10H2,1-3H3,(H,16,17)(H,18,19). The Morgan fingerprint density at radius 2 is 1.95 bits per heavy atom. The highest BCUT2D eigenvalue weighted by molar-refractivity contribution is 5.94. The lowest BCUT2D eigenvalue weighted by molar-refractivity contribution is -0.148. The van der Waals surface area contributed by atoms with Crippen molar-refractivity contribution in [2.75, 3.05) is 11.9 Å². The smallest absolute Gasteiger partial charge is 0.309 e. The lowest BCUT2D eigenvalue weighted by atomic mass is 9.89. The van der Waals surface area contributed by atoms with E-state index in [4.69, 9.17) is 9.84 Å². The lowest BCUT2D eigenvalue weighted by Crippen LogP contribution is -2.29. The summed E-state index contributed by atoms with van der Waals surface area (Å²) in [4.78, 5) is 23.0. The highest BCUT2D eigenvalue weighted by atomic mass is 16.5. The van der Waals surface area contributed by atoms with E-state index in [1.165, 1.54) is 13.8 Å². The van der Waals surface area contributed by atoms with Gasteiger partial charge in [-0.1, -0.05) is 18.2 Å². The minimum Gasteiger partial charge on any atom is -0.481 e. The molecule has 0 aliphatic rings. The van der Waals surface area contributed by atoms with Crippen LogP contribution in [0.5, 0.6) is 0 Å². The Morgan fingerprint density at radius 1 is 1.30 bits per heavy atom. The molecular weight excluding hydrogens is 258 g/mol. The fourth-order valence-electron chi connectivity index (χ4n) is 1.65. The van der Waals surface area contributed by atoms with Crippen LogP contribution < -0.4 is 5.32 Å². The first-order chi connectivity index (χ1) is 9.36. The van der Waals surface area contributed by atoms with E-state index < -0.39 is 11.4 Å². The van der Waals surface area contributed by atoms with E-state index in [2.05, 4.69) is 5.32 Å². The van der Waals surface area contributed by atoms with Crippen molar-refractivity contribution in [3.63, 3.8) is 0 Å². The van der Waals surface area contributed by atoms with Crippen LogP contribution in [-0.2, 0) is 20.9 Å². The quantitative estimate of drug-likeness (QED) is 0.804. The number of rotatable bonds is 7. The molecule has 0 aliphatic heterocycles. The lowest BCUT2D eigenvalue weighted by Gasteiger charge is -2.19. The molecule has 0 saturated heterocycles. The summed E-state index contributed by atoms with van der Waals surface area (Å²) in [5.41, 5.74) is 0.446. The van der Waals surface area contributed by atoms with Gasteiger partial charge < -0.3 is 15.2 Å². The number of carbonyl (C=O) groups is 2. The predicted octanol–water partition coefficient (Wildman–Crippen LogP) is 2.66. The molecule has 0 heterocycles. The largest absolute Gasteiger partial charge is 0.481 e. The number of benzene rings is 1. The third-order valence-electron chi connectivity index (χ3n) is 2.93. The van der Waals surface area contributed by atoms with Crippen LogP contribution in [0.15, 0.2) is 24.3 Å². The van der Waals surface area contributed by atoms with E-state index in [0.717, 1.165) is 5.56 Å². The van der Waals surface area contributed by atoms with E-state index in [1.807, 2.05) is 25.1 Å². The van der Waals surface area contributed by atoms with Gasteiger partial charge in [-0.2, -0.15) is 0 Å². The molecule has 0 atom stereocenters. The van der Waals surface area contributed by atoms with Gasteiger partial charge in [0.15, 0.2) is 0 Å². The zero-order valence-electron chi connectivity index (χ0n) is 12.1. The van der Waals surface area contributed by atoms with Crippen LogP contribution in [0.2, 0.25) is 0 Å². The van der Waals surface area contributed by atoms with Crippen LogP contribution in [0.3, 0.4) is 0 Å². The number of hydrogen-bond donors (Lipinski definition) is 2. The average molecular weight is 279 g/mol. The van der Waals surface area contributed by atoms with Crippen molar-refractivity contribution >= 4 is 17.6 Å². The number of carbonyl (C=O) groups excluding carboxylic acids is 1. The van der Waals surface area contributed by atoms with Crippen molar-refractivity contribution in [2.45, 2.75) is 33.8 Å².